The third kappa shape index (κ3) is 4.34. The standard InChI is InChI=1S/C15H19Br2N3S/c1-10(2)20-15(13(17)8-19-20)14(18-3)9-21-12-6-4-11(16)5-7-12/h4-8,10,14,18H,9H2,1-3H3. The molecule has 0 saturated carbocycles. The molecule has 0 radical (unpaired) electrons. The van der Waals surface area contributed by atoms with E-state index in [2.05, 4.69) is 85.1 Å². The number of halogens is 2. The predicted octanol–water partition coefficient (Wildman–Crippen LogP) is 5.04. The van der Waals surface area contributed by atoms with Crippen molar-refractivity contribution in [3.8, 4) is 0 Å². The molecule has 3 nitrogen and oxygen atoms in total. The first-order chi connectivity index (χ1) is 10.0. The van der Waals surface area contributed by atoms with Crippen molar-refractivity contribution in [2.24, 2.45) is 0 Å². The Morgan fingerprint density at radius 3 is 2.48 bits per heavy atom. The van der Waals surface area contributed by atoms with E-state index < -0.39 is 0 Å². The van der Waals surface area contributed by atoms with Crippen LogP contribution in [0.15, 0.2) is 44.3 Å². The molecule has 1 aromatic carbocycles. The molecule has 21 heavy (non-hydrogen) atoms. The van der Waals surface area contributed by atoms with E-state index in [0.717, 1.165) is 14.7 Å². The summed E-state index contributed by atoms with van der Waals surface area (Å²) in [5.41, 5.74) is 1.21. The number of thioether (sulfide) groups is 1. The largest absolute Gasteiger partial charge is 0.311 e. The Morgan fingerprint density at radius 2 is 1.90 bits per heavy atom. The average Bonchev–Trinajstić information content (AvgIpc) is 2.84. The summed E-state index contributed by atoms with van der Waals surface area (Å²) < 4.78 is 4.25. The smallest absolute Gasteiger partial charge is 0.0707 e. The Labute approximate surface area is 147 Å². The summed E-state index contributed by atoms with van der Waals surface area (Å²) in [7, 11) is 2.00. The lowest BCUT2D eigenvalue weighted by molar-refractivity contribution is 0.476. The van der Waals surface area contributed by atoms with E-state index in [9.17, 15) is 0 Å². The summed E-state index contributed by atoms with van der Waals surface area (Å²) in [6.45, 7) is 4.30. The van der Waals surface area contributed by atoms with Crippen molar-refractivity contribution < 1.29 is 0 Å². The van der Waals surface area contributed by atoms with Crippen LogP contribution < -0.4 is 5.32 Å². The fourth-order valence-electron chi connectivity index (χ4n) is 2.10. The number of benzene rings is 1. The molecule has 2 aromatic rings. The van der Waals surface area contributed by atoms with E-state index in [1.54, 1.807) is 0 Å². The van der Waals surface area contributed by atoms with E-state index in [-0.39, 0.29) is 6.04 Å². The maximum absolute atomic E-state index is 4.47. The van der Waals surface area contributed by atoms with Gasteiger partial charge in [-0.3, -0.25) is 4.68 Å². The summed E-state index contributed by atoms with van der Waals surface area (Å²) in [5, 5.41) is 7.87. The van der Waals surface area contributed by atoms with Gasteiger partial charge in [0.25, 0.3) is 0 Å². The summed E-state index contributed by atoms with van der Waals surface area (Å²) >= 11 is 8.93. The molecule has 1 atom stereocenters. The molecule has 0 aliphatic carbocycles. The van der Waals surface area contributed by atoms with Gasteiger partial charge in [-0.2, -0.15) is 5.10 Å². The van der Waals surface area contributed by atoms with E-state index in [1.807, 2.05) is 25.0 Å². The normalized spacial score (nSPS) is 12.9. The van der Waals surface area contributed by atoms with Gasteiger partial charge in [0, 0.05) is 21.2 Å². The minimum atomic E-state index is 0.248. The van der Waals surface area contributed by atoms with E-state index in [1.165, 1.54) is 10.6 Å². The molecular formula is C15H19Br2N3S. The molecule has 6 heteroatoms. The second-order valence-electron chi connectivity index (χ2n) is 5.02. The molecule has 1 heterocycles. The lowest BCUT2D eigenvalue weighted by Crippen LogP contribution is -2.23. The van der Waals surface area contributed by atoms with Crippen LogP contribution in [0.3, 0.4) is 0 Å². The van der Waals surface area contributed by atoms with Gasteiger partial charge in [0.1, 0.15) is 0 Å². The first-order valence-electron chi connectivity index (χ1n) is 6.81. The number of nitrogens with zero attached hydrogens (tertiary/aromatic N) is 2. The topological polar surface area (TPSA) is 29.9 Å². The molecule has 0 saturated heterocycles. The molecule has 1 unspecified atom stereocenters. The van der Waals surface area contributed by atoms with Crippen molar-refractivity contribution in [3.63, 3.8) is 0 Å². The number of nitrogens with one attached hydrogen (secondary N) is 1. The first kappa shape index (κ1) is 17.1. The Kier molecular flexibility index (Phi) is 6.34. The predicted molar refractivity (Wildman–Crippen MR) is 97.0 cm³/mol. The minimum Gasteiger partial charge on any atom is -0.311 e. The van der Waals surface area contributed by atoms with Gasteiger partial charge in [-0.25, -0.2) is 0 Å². The molecule has 0 aliphatic rings. The van der Waals surface area contributed by atoms with Gasteiger partial charge in [-0.05, 0) is 61.1 Å². The van der Waals surface area contributed by atoms with Crippen molar-refractivity contribution in [3.05, 3.63) is 45.1 Å². The molecule has 1 N–H and O–H groups in total. The van der Waals surface area contributed by atoms with Crippen LogP contribution in [0.5, 0.6) is 0 Å². The lowest BCUT2D eigenvalue weighted by Gasteiger charge is -2.20. The molecule has 1 aromatic heterocycles. The molecule has 0 spiro atoms. The molecule has 0 bridgehead atoms. The molecule has 0 aliphatic heterocycles. The van der Waals surface area contributed by atoms with Crippen molar-refractivity contribution in [1.29, 1.82) is 0 Å². The summed E-state index contributed by atoms with van der Waals surface area (Å²) in [6.07, 6.45) is 1.88. The quantitative estimate of drug-likeness (QED) is 0.648. The Hall–Kier alpha value is -0.300. The van der Waals surface area contributed by atoms with Crippen LogP contribution in [0.1, 0.15) is 31.6 Å². The van der Waals surface area contributed by atoms with E-state index >= 15 is 0 Å². The Morgan fingerprint density at radius 1 is 1.24 bits per heavy atom. The highest BCUT2D eigenvalue weighted by Crippen LogP contribution is 2.30. The van der Waals surface area contributed by atoms with Gasteiger partial charge in [-0.15, -0.1) is 11.8 Å². The van der Waals surface area contributed by atoms with Crippen LogP contribution in [-0.4, -0.2) is 22.6 Å². The van der Waals surface area contributed by atoms with Crippen molar-refractivity contribution in [1.82, 2.24) is 15.1 Å². The zero-order chi connectivity index (χ0) is 15.4. The molecule has 114 valence electrons. The van der Waals surface area contributed by atoms with Gasteiger partial charge in [0.2, 0.25) is 0 Å². The lowest BCUT2D eigenvalue weighted by atomic mass is 10.2. The van der Waals surface area contributed by atoms with Crippen molar-refractivity contribution in [2.75, 3.05) is 12.8 Å². The van der Waals surface area contributed by atoms with E-state index in [0.29, 0.717) is 6.04 Å². The van der Waals surface area contributed by atoms with Crippen LogP contribution in [0.2, 0.25) is 0 Å². The molecule has 2 rings (SSSR count). The van der Waals surface area contributed by atoms with Crippen LogP contribution in [0, 0.1) is 0 Å². The molecule has 0 fully saturated rings. The highest BCUT2D eigenvalue weighted by Gasteiger charge is 2.20. The highest BCUT2D eigenvalue weighted by atomic mass is 79.9. The van der Waals surface area contributed by atoms with Gasteiger partial charge in [-0.1, -0.05) is 15.9 Å². The summed E-state index contributed by atoms with van der Waals surface area (Å²) in [6, 6.07) is 9.01. The SMILES string of the molecule is CNC(CSc1ccc(Br)cc1)c1c(Br)cnn1C(C)C. The molecular weight excluding hydrogens is 414 g/mol. The number of hydrogen-bond donors (Lipinski definition) is 1. The maximum atomic E-state index is 4.47. The monoisotopic (exact) mass is 431 g/mol. The van der Waals surface area contributed by atoms with Crippen LogP contribution in [0.25, 0.3) is 0 Å². The van der Waals surface area contributed by atoms with Crippen LogP contribution >= 0.6 is 43.6 Å². The average molecular weight is 433 g/mol. The van der Waals surface area contributed by atoms with Crippen molar-refractivity contribution in [2.45, 2.75) is 30.8 Å². The summed E-state index contributed by atoms with van der Waals surface area (Å²) in [5.74, 6) is 0.954. The summed E-state index contributed by atoms with van der Waals surface area (Å²) in [4.78, 5) is 1.27. The Balaban J connectivity index is 2.13. The van der Waals surface area contributed by atoms with Gasteiger partial charge < -0.3 is 5.32 Å². The molecule has 0 amide bonds. The number of rotatable bonds is 6. The van der Waals surface area contributed by atoms with Crippen LogP contribution in [0.4, 0.5) is 0 Å². The van der Waals surface area contributed by atoms with Crippen LogP contribution in [-0.2, 0) is 0 Å². The number of hydrogen-bond acceptors (Lipinski definition) is 3. The first-order valence-corrected chi connectivity index (χ1v) is 9.38. The maximum Gasteiger partial charge on any atom is 0.0707 e. The third-order valence-electron chi connectivity index (χ3n) is 3.18. The highest BCUT2D eigenvalue weighted by molar-refractivity contribution is 9.10. The van der Waals surface area contributed by atoms with Gasteiger partial charge in [0.05, 0.1) is 22.4 Å². The van der Waals surface area contributed by atoms with Gasteiger partial charge >= 0.3 is 0 Å². The second kappa shape index (κ2) is 7.81. The fourth-order valence-corrected chi connectivity index (χ4v) is 3.92. The Bertz CT molecular complexity index is 581. The van der Waals surface area contributed by atoms with Gasteiger partial charge in [0.15, 0.2) is 0 Å². The minimum absolute atomic E-state index is 0.248. The third-order valence-corrected chi connectivity index (χ3v) is 5.43. The van der Waals surface area contributed by atoms with E-state index in [4.69, 9.17) is 0 Å². The second-order valence-corrected chi connectivity index (χ2v) is 7.89. The zero-order valence-corrected chi connectivity index (χ0v) is 16.3. The number of aromatic nitrogens is 2. The van der Waals surface area contributed by atoms with Crippen molar-refractivity contribution >= 4 is 43.6 Å². The zero-order valence-electron chi connectivity index (χ0n) is 12.3. The fraction of sp³-hybridized carbons (Fsp3) is 0.400.